The number of anilines is 1. The van der Waals surface area contributed by atoms with Gasteiger partial charge in [-0.05, 0) is 37.5 Å². The van der Waals surface area contributed by atoms with E-state index in [2.05, 4.69) is 50.0 Å². The zero-order chi connectivity index (χ0) is 23.0. The second-order valence-corrected chi connectivity index (χ2v) is 8.33. The molecule has 0 saturated carbocycles. The molecular formula is C25H33N7O. The van der Waals surface area contributed by atoms with Gasteiger partial charge in [-0.3, -0.25) is 0 Å². The lowest BCUT2D eigenvalue weighted by molar-refractivity contribution is 0.408. The molecule has 1 aromatic heterocycles. The molecule has 1 aliphatic rings. The van der Waals surface area contributed by atoms with Crippen LogP contribution in [-0.2, 0) is 20.1 Å². The molecule has 1 unspecified atom stereocenters. The fourth-order valence-corrected chi connectivity index (χ4v) is 4.07. The summed E-state index contributed by atoms with van der Waals surface area (Å²) < 4.78 is 7.58. The van der Waals surface area contributed by atoms with Gasteiger partial charge in [-0.2, -0.15) is 0 Å². The molecule has 174 valence electrons. The summed E-state index contributed by atoms with van der Waals surface area (Å²) in [6.07, 6.45) is 2.19. The Labute approximate surface area is 195 Å². The van der Waals surface area contributed by atoms with Gasteiger partial charge < -0.3 is 24.8 Å². The molecule has 33 heavy (non-hydrogen) atoms. The summed E-state index contributed by atoms with van der Waals surface area (Å²) in [5.41, 5.74) is 2.31. The Hall–Kier alpha value is -3.55. The van der Waals surface area contributed by atoms with Crippen LogP contribution in [0.15, 0.2) is 59.6 Å². The molecule has 1 aliphatic heterocycles. The molecule has 3 aromatic rings. The maximum absolute atomic E-state index is 5.59. The fourth-order valence-electron chi connectivity index (χ4n) is 4.07. The molecule has 0 spiro atoms. The number of aromatic nitrogens is 3. The van der Waals surface area contributed by atoms with Crippen LogP contribution in [0, 0.1) is 6.92 Å². The van der Waals surface area contributed by atoms with Crippen LogP contribution in [0.3, 0.4) is 0 Å². The molecule has 2 N–H and O–H groups in total. The molecular weight excluding hydrogens is 414 g/mol. The van der Waals surface area contributed by atoms with Crippen molar-refractivity contribution in [1.29, 1.82) is 0 Å². The monoisotopic (exact) mass is 447 g/mol. The number of aliphatic imine (C=N–C) groups is 1. The van der Waals surface area contributed by atoms with Gasteiger partial charge in [0.05, 0.1) is 25.9 Å². The third-order valence-electron chi connectivity index (χ3n) is 6.05. The summed E-state index contributed by atoms with van der Waals surface area (Å²) in [7, 11) is 3.71. The first-order valence-corrected chi connectivity index (χ1v) is 11.5. The van der Waals surface area contributed by atoms with E-state index < -0.39 is 0 Å². The highest BCUT2D eigenvalue weighted by Gasteiger charge is 2.23. The fraction of sp³-hybridized carbons (Fsp3) is 0.400. The standard InChI is InChI=1S/C25H33N7O/c1-19-29-30-24(31(19)2)17-27-25(26-16-20-10-5-4-6-11-20)28-21-12-9-15-32(18-21)22-13-7-8-14-23(22)33-3/h4-8,10-11,13-14,21H,9,12,15-18H2,1-3H3,(H2,26,27,28). The van der Waals surface area contributed by atoms with Gasteiger partial charge in [0.2, 0.25) is 0 Å². The number of hydrogen-bond donors (Lipinski definition) is 2. The number of nitrogens with one attached hydrogen (secondary N) is 2. The first-order chi connectivity index (χ1) is 16.1. The normalized spacial score (nSPS) is 16.5. The molecule has 2 aromatic carbocycles. The lowest BCUT2D eigenvalue weighted by Gasteiger charge is -2.36. The van der Waals surface area contributed by atoms with E-state index in [0.29, 0.717) is 13.1 Å². The van der Waals surface area contributed by atoms with E-state index in [1.165, 1.54) is 5.56 Å². The van der Waals surface area contributed by atoms with Gasteiger partial charge >= 0.3 is 0 Å². The van der Waals surface area contributed by atoms with Crippen LogP contribution in [0.5, 0.6) is 5.75 Å². The van der Waals surface area contributed by atoms with Crippen LogP contribution in [0.2, 0.25) is 0 Å². The minimum atomic E-state index is 0.270. The summed E-state index contributed by atoms with van der Waals surface area (Å²) in [6.45, 7) is 5.02. The van der Waals surface area contributed by atoms with Crippen LogP contribution >= 0.6 is 0 Å². The zero-order valence-corrected chi connectivity index (χ0v) is 19.7. The molecule has 0 bridgehead atoms. The van der Waals surface area contributed by atoms with Crippen molar-refractivity contribution in [3.8, 4) is 5.75 Å². The molecule has 1 fully saturated rings. The van der Waals surface area contributed by atoms with Crippen molar-refractivity contribution in [2.24, 2.45) is 12.0 Å². The highest BCUT2D eigenvalue weighted by molar-refractivity contribution is 5.80. The van der Waals surface area contributed by atoms with Gasteiger partial charge in [-0.15, -0.1) is 10.2 Å². The van der Waals surface area contributed by atoms with Gasteiger partial charge in [0.15, 0.2) is 11.8 Å². The number of rotatable bonds is 7. The Morgan fingerprint density at radius 2 is 1.91 bits per heavy atom. The Morgan fingerprint density at radius 3 is 2.67 bits per heavy atom. The average molecular weight is 448 g/mol. The van der Waals surface area contributed by atoms with Crippen LogP contribution in [0.4, 0.5) is 5.69 Å². The smallest absolute Gasteiger partial charge is 0.192 e. The van der Waals surface area contributed by atoms with Crippen molar-refractivity contribution in [1.82, 2.24) is 25.4 Å². The Kier molecular flexibility index (Phi) is 7.44. The van der Waals surface area contributed by atoms with Crippen LogP contribution in [0.25, 0.3) is 0 Å². The van der Waals surface area contributed by atoms with E-state index in [-0.39, 0.29) is 6.04 Å². The van der Waals surface area contributed by atoms with Crippen LogP contribution in [0.1, 0.15) is 30.1 Å². The second-order valence-electron chi connectivity index (χ2n) is 8.33. The Bertz CT molecular complexity index is 1060. The highest BCUT2D eigenvalue weighted by Crippen LogP contribution is 2.29. The van der Waals surface area contributed by atoms with Crippen molar-refractivity contribution in [3.05, 3.63) is 71.8 Å². The lowest BCUT2D eigenvalue weighted by atomic mass is 10.0. The van der Waals surface area contributed by atoms with E-state index in [0.717, 1.165) is 55.0 Å². The van der Waals surface area contributed by atoms with Gasteiger partial charge in [0.1, 0.15) is 11.6 Å². The number of guanidine groups is 1. The number of piperidine rings is 1. The summed E-state index contributed by atoms with van der Waals surface area (Å²) in [6, 6.07) is 18.8. The maximum atomic E-state index is 5.59. The number of aryl methyl sites for hydroxylation is 1. The first-order valence-electron chi connectivity index (χ1n) is 11.5. The van der Waals surface area contributed by atoms with Crippen molar-refractivity contribution < 1.29 is 4.74 Å². The molecule has 2 heterocycles. The van der Waals surface area contributed by atoms with Gasteiger partial charge in [0.25, 0.3) is 0 Å². The number of ether oxygens (including phenoxy) is 1. The summed E-state index contributed by atoms with van der Waals surface area (Å²) in [5, 5.41) is 15.5. The SMILES string of the molecule is COc1ccccc1N1CCCC(NC(=NCc2ccccc2)NCc2nnc(C)n2C)C1. The first kappa shape index (κ1) is 22.6. The van der Waals surface area contributed by atoms with E-state index in [1.807, 2.05) is 48.9 Å². The summed E-state index contributed by atoms with van der Waals surface area (Å²) >= 11 is 0. The van der Waals surface area contributed by atoms with E-state index >= 15 is 0 Å². The quantitative estimate of drug-likeness (QED) is 0.428. The van der Waals surface area contributed by atoms with Crippen molar-refractivity contribution in [2.45, 2.75) is 38.9 Å². The Morgan fingerprint density at radius 1 is 1.12 bits per heavy atom. The molecule has 0 amide bonds. The third kappa shape index (κ3) is 5.83. The zero-order valence-electron chi connectivity index (χ0n) is 19.7. The van der Waals surface area contributed by atoms with Crippen molar-refractivity contribution >= 4 is 11.6 Å². The third-order valence-corrected chi connectivity index (χ3v) is 6.05. The van der Waals surface area contributed by atoms with Gasteiger partial charge in [0, 0.05) is 26.2 Å². The number of methoxy groups -OCH3 is 1. The molecule has 1 saturated heterocycles. The topological polar surface area (TPSA) is 79.6 Å². The molecule has 8 nitrogen and oxygen atoms in total. The number of hydrogen-bond acceptors (Lipinski definition) is 5. The molecule has 4 rings (SSSR count). The number of para-hydroxylation sites is 2. The van der Waals surface area contributed by atoms with Crippen LogP contribution < -0.4 is 20.3 Å². The average Bonchev–Trinajstić information content (AvgIpc) is 3.18. The van der Waals surface area contributed by atoms with E-state index in [1.54, 1.807) is 7.11 Å². The second kappa shape index (κ2) is 10.8. The minimum absolute atomic E-state index is 0.270. The van der Waals surface area contributed by atoms with E-state index in [4.69, 9.17) is 9.73 Å². The van der Waals surface area contributed by atoms with E-state index in [9.17, 15) is 0 Å². The summed E-state index contributed by atoms with van der Waals surface area (Å²) in [4.78, 5) is 7.25. The molecule has 0 radical (unpaired) electrons. The predicted octanol–water partition coefficient (Wildman–Crippen LogP) is 3.04. The molecule has 1 atom stereocenters. The molecule has 8 heteroatoms. The van der Waals surface area contributed by atoms with Crippen LogP contribution in [-0.4, -0.2) is 47.0 Å². The summed E-state index contributed by atoms with van der Waals surface area (Å²) in [5.74, 6) is 3.46. The Balaban J connectivity index is 1.46. The van der Waals surface area contributed by atoms with Gasteiger partial charge in [-0.25, -0.2) is 4.99 Å². The van der Waals surface area contributed by atoms with Crippen molar-refractivity contribution in [3.63, 3.8) is 0 Å². The largest absolute Gasteiger partial charge is 0.495 e. The van der Waals surface area contributed by atoms with Crippen molar-refractivity contribution in [2.75, 3.05) is 25.1 Å². The molecule has 0 aliphatic carbocycles. The highest BCUT2D eigenvalue weighted by atomic mass is 16.5. The number of benzene rings is 2. The van der Waals surface area contributed by atoms with Gasteiger partial charge in [-0.1, -0.05) is 42.5 Å². The number of nitrogens with zero attached hydrogens (tertiary/aromatic N) is 5. The lowest BCUT2D eigenvalue weighted by Crippen LogP contribution is -2.51. The minimum Gasteiger partial charge on any atom is -0.495 e. The maximum Gasteiger partial charge on any atom is 0.192 e. The predicted molar refractivity (Wildman–Crippen MR) is 132 cm³/mol.